The molecule has 3 saturated carbocycles. The van der Waals surface area contributed by atoms with Crippen molar-refractivity contribution < 1.29 is 15.1 Å². The van der Waals surface area contributed by atoms with Crippen LogP contribution in [0.5, 0.6) is 0 Å². The zero-order valence-electron chi connectivity index (χ0n) is 22.0. The Morgan fingerprint density at radius 3 is 2.81 bits per heavy atom. The highest BCUT2D eigenvalue weighted by atomic mass is 79.9. The molecule has 0 aromatic heterocycles. The smallest absolute Gasteiger partial charge is 0.121 e. The molecule has 3 N–H and O–H groups in total. The summed E-state index contributed by atoms with van der Waals surface area (Å²) in [5.74, 6) is 1.23. The maximum absolute atomic E-state index is 11.6. The molecule has 6 heteroatoms. The van der Waals surface area contributed by atoms with Crippen molar-refractivity contribution >= 4 is 21.6 Å². The maximum atomic E-state index is 11.6. The third-order valence-electron chi connectivity index (χ3n) is 10.2. The minimum atomic E-state index is -0.547. The number of halogens is 1. The Morgan fingerprint density at radius 1 is 1.25 bits per heavy atom. The van der Waals surface area contributed by atoms with Crippen LogP contribution >= 0.6 is 15.9 Å². The lowest BCUT2D eigenvalue weighted by Crippen LogP contribution is -2.63. The van der Waals surface area contributed by atoms with Crippen molar-refractivity contribution in [2.24, 2.45) is 33.7 Å². The summed E-state index contributed by atoms with van der Waals surface area (Å²) in [4.78, 5) is 5.68. The molecule has 1 aromatic carbocycles. The highest BCUT2D eigenvalue weighted by molar-refractivity contribution is 9.10. The predicted octanol–water partition coefficient (Wildman–Crippen LogP) is 5.76. The minimum absolute atomic E-state index is 0.0324. The molecule has 5 nitrogen and oxygen atoms in total. The van der Waals surface area contributed by atoms with Gasteiger partial charge in [-0.3, -0.25) is 5.32 Å². The van der Waals surface area contributed by atoms with E-state index in [9.17, 15) is 10.2 Å². The van der Waals surface area contributed by atoms with E-state index in [1.807, 2.05) is 12.1 Å². The summed E-state index contributed by atoms with van der Waals surface area (Å²) >= 11 is 3.52. The third kappa shape index (κ3) is 4.42. The van der Waals surface area contributed by atoms with Crippen LogP contribution in [0.1, 0.15) is 65.4 Å². The summed E-state index contributed by atoms with van der Waals surface area (Å²) in [5.41, 5.74) is 3.10. The SMILES string of the molecule is CC(O)N[C@]1(C)CCC2C3CCC4=C/C(=N/OCCc5cccc(Br)c5)C=CC4(C)C3C(O)CC21C. The number of fused-ring (bicyclic) bond motifs is 5. The van der Waals surface area contributed by atoms with Gasteiger partial charge < -0.3 is 15.1 Å². The topological polar surface area (TPSA) is 74.1 Å². The molecule has 36 heavy (non-hydrogen) atoms. The Kier molecular flexibility index (Phi) is 7.03. The molecule has 4 aliphatic rings. The second-order valence-electron chi connectivity index (χ2n) is 12.2. The van der Waals surface area contributed by atoms with Crippen molar-refractivity contribution in [2.75, 3.05) is 6.61 Å². The summed E-state index contributed by atoms with van der Waals surface area (Å²) in [6.45, 7) is 9.25. The number of aliphatic hydroxyl groups is 2. The van der Waals surface area contributed by atoms with E-state index in [1.165, 1.54) is 11.1 Å². The second kappa shape index (κ2) is 9.68. The molecule has 196 valence electrons. The molecule has 7 unspecified atom stereocenters. The van der Waals surface area contributed by atoms with Crippen LogP contribution < -0.4 is 5.32 Å². The van der Waals surface area contributed by atoms with Crippen LogP contribution in [-0.2, 0) is 11.3 Å². The van der Waals surface area contributed by atoms with E-state index >= 15 is 0 Å². The Hall–Kier alpha value is -1.47. The van der Waals surface area contributed by atoms with Crippen molar-refractivity contribution in [1.29, 1.82) is 0 Å². The molecule has 8 atom stereocenters. The zero-order chi connectivity index (χ0) is 25.7. The fourth-order valence-corrected chi connectivity index (χ4v) is 8.76. The maximum Gasteiger partial charge on any atom is 0.121 e. The molecular weight excluding hydrogens is 516 g/mol. The molecule has 0 radical (unpaired) electrons. The molecule has 0 saturated heterocycles. The van der Waals surface area contributed by atoms with Gasteiger partial charge in [0.1, 0.15) is 18.5 Å². The zero-order valence-corrected chi connectivity index (χ0v) is 23.6. The lowest BCUT2D eigenvalue weighted by Gasteiger charge is -2.60. The molecule has 0 heterocycles. The number of oxime groups is 1. The summed E-state index contributed by atoms with van der Waals surface area (Å²) in [6.07, 6.45) is 11.5. The van der Waals surface area contributed by atoms with E-state index in [0.717, 1.165) is 48.7 Å². The van der Waals surface area contributed by atoms with E-state index in [4.69, 9.17) is 4.84 Å². The molecule has 0 aliphatic heterocycles. The van der Waals surface area contributed by atoms with Crippen molar-refractivity contribution in [2.45, 2.75) is 84.1 Å². The lowest BCUT2D eigenvalue weighted by atomic mass is 9.46. The van der Waals surface area contributed by atoms with E-state index in [0.29, 0.717) is 18.4 Å². The molecule has 0 amide bonds. The van der Waals surface area contributed by atoms with Crippen molar-refractivity contribution in [3.05, 3.63) is 58.1 Å². The van der Waals surface area contributed by atoms with Gasteiger partial charge in [0.05, 0.1) is 6.10 Å². The van der Waals surface area contributed by atoms with Gasteiger partial charge in [0.25, 0.3) is 0 Å². The monoisotopic (exact) mass is 556 g/mol. The average Bonchev–Trinajstić information content (AvgIpc) is 3.05. The highest BCUT2D eigenvalue weighted by Crippen LogP contribution is 2.66. The van der Waals surface area contributed by atoms with E-state index < -0.39 is 6.23 Å². The fourth-order valence-electron chi connectivity index (χ4n) is 8.31. The molecule has 4 aliphatic carbocycles. The number of rotatable bonds is 6. The van der Waals surface area contributed by atoms with E-state index in [-0.39, 0.29) is 28.4 Å². The first-order valence-electron chi connectivity index (χ1n) is 13.5. The number of aliphatic hydroxyl groups excluding tert-OH is 2. The number of hydrogen-bond acceptors (Lipinski definition) is 5. The highest BCUT2D eigenvalue weighted by Gasteiger charge is 2.64. The largest absolute Gasteiger partial charge is 0.395 e. The number of nitrogens with one attached hydrogen (secondary N) is 1. The van der Waals surface area contributed by atoms with Gasteiger partial charge in [-0.1, -0.05) is 58.7 Å². The van der Waals surface area contributed by atoms with Gasteiger partial charge in [0, 0.05) is 27.8 Å². The van der Waals surface area contributed by atoms with Gasteiger partial charge >= 0.3 is 0 Å². The van der Waals surface area contributed by atoms with Gasteiger partial charge in [-0.05, 0) is 93.1 Å². The number of hydrogen-bond donors (Lipinski definition) is 3. The van der Waals surface area contributed by atoms with Crippen LogP contribution in [0.4, 0.5) is 0 Å². The predicted molar refractivity (Wildman–Crippen MR) is 147 cm³/mol. The van der Waals surface area contributed by atoms with Crippen LogP contribution in [0.15, 0.2) is 57.7 Å². The van der Waals surface area contributed by atoms with Crippen LogP contribution in [0.3, 0.4) is 0 Å². The Morgan fingerprint density at radius 2 is 2.06 bits per heavy atom. The Labute approximate surface area is 224 Å². The molecular formula is C30H41BrN2O3. The third-order valence-corrected chi connectivity index (χ3v) is 10.7. The summed E-state index contributed by atoms with van der Waals surface area (Å²) in [5, 5.41) is 29.7. The fraction of sp³-hybridized carbons (Fsp3) is 0.633. The quantitative estimate of drug-likeness (QED) is 0.236. The van der Waals surface area contributed by atoms with Gasteiger partial charge in [-0.25, -0.2) is 0 Å². The molecule has 5 rings (SSSR count). The summed E-state index contributed by atoms with van der Waals surface area (Å²) in [6, 6.07) is 8.27. The first-order chi connectivity index (χ1) is 17.1. The lowest BCUT2D eigenvalue weighted by molar-refractivity contribution is -0.125. The van der Waals surface area contributed by atoms with E-state index in [2.05, 4.69) is 77.5 Å². The number of nitrogens with zero attached hydrogens (tertiary/aromatic N) is 1. The van der Waals surface area contributed by atoms with E-state index in [1.54, 1.807) is 6.92 Å². The van der Waals surface area contributed by atoms with Crippen LogP contribution in [0.25, 0.3) is 0 Å². The molecule has 0 bridgehead atoms. The van der Waals surface area contributed by atoms with Crippen molar-refractivity contribution in [3.63, 3.8) is 0 Å². The normalized spacial score (nSPS) is 41.3. The van der Waals surface area contributed by atoms with Gasteiger partial charge in [-0.2, -0.15) is 0 Å². The van der Waals surface area contributed by atoms with Gasteiger partial charge in [-0.15, -0.1) is 0 Å². The first-order valence-corrected chi connectivity index (χ1v) is 14.3. The van der Waals surface area contributed by atoms with Crippen molar-refractivity contribution in [3.8, 4) is 0 Å². The standard InChI is InChI=1S/C30H41BrN2O3/c1-19(34)32-30(4)14-11-25-24-9-8-21-17-23(33-36-15-12-20-6-5-7-22(31)16-20)10-13-28(21,2)27(24)26(35)18-29(25,30)3/h5-7,10,13,16-17,19,24-27,32,34-35H,8-9,11-12,14-15,18H2,1-4H3/b33-23+/t19?,24?,25?,26?,27?,28?,29?,30-/m1/s1. The molecule has 1 aromatic rings. The summed E-state index contributed by atoms with van der Waals surface area (Å²) in [7, 11) is 0. The van der Waals surface area contributed by atoms with Crippen LogP contribution in [0.2, 0.25) is 0 Å². The molecule has 3 fully saturated rings. The number of allylic oxidation sites excluding steroid dienone is 4. The number of benzene rings is 1. The minimum Gasteiger partial charge on any atom is -0.395 e. The summed E-state index contributed by atoms with van der Waals surface area (Å²) < 4.78 is 1.08. The Balaban J connectivity index is 1.30. The first kappa shape index (κ1) is 26.1. The average molecular weight is 558 g/mol. The van der Waals surface area contributed by atoms with Gasteiger partial charge in [0.2, 0.25) is 0 Å². The van der Waals surface area contributed by atoms with Gasteiger partial charge in [0.15, 0.2) is 0 Å². The van der Waals surface area contributed by atoms with Crippen LogP contribution in [0, 0.1) is 28.6 Å². The van der Waals surface area contributed by atoms with Crippen LogP contribution in [-0.4, -0.2) is 40.4 Å². The molecule has 0 spiro atoms. The second-order valence-corrected chi connectivity index (χ2v) is 13.1. The Bertz CT molecular complexity index is 1080. The van der Waals surface area contributed by atoms with Crippen molar-refractivity contribution in [1.82, 2.24) is 5.32 Å².